The highest BCUT2D eigenvalue weighted by Gasteiger charge is 2.21. The van der Waals surface area contributed by atoms with Crippen molar-refractivity contribution in [2.45, 2.75) is 32.7 Å². The second kappa shape index (κ2) is 4.20. The molecule has 4 nitrogen and oxygen atoms in total. The molecule has 0 spiro atoms. The Kier molecular flexibility index (Phi) is 2.88. The van der Waals surface area contributed by atoms with Gasteiger partial charge < -0.3 is 9.67 Å². The highest BCUT2D eigenvalue weighted by molar-refractivity contribution is 5.80. The quantitative estimate of drug-likeness (QED) is 0.885. The van der Waals surface area contributed by atoms with Crippen molar-refractivity contribution in [1.29, 1.82) is 0 Å². The molecule has 1 aromatic heterocycles. The number of hydrogen-bond donors (Lipinski definition) is 1. The lowest BCUT2D eigenvalue weighted by atomic mass is 10.2. The minimum atomic E-state index is -0.838. The molecular weight excluding hydrogens is 216 g/mol. The van der Waals surface area contributed by atoms with Gasteiger partial charge in [0.25, 0.3) is 0 Å². The summed E-state index contributed by atoms with van der Waals surface area (Å²) < 4.78 is 1.81. The molecular formula is C13H16N2O2. The van der Waals surface area contributed by atoms with Crippen LogP contribution in [0.4, 0.5) is 0 Å². The molecule has 90 valence electrons. The molecule has 0 saturated carbocycles. The first-order valence-corrected chi connectivity index (χ1v) is 5.72. The van der Waals surface area contributed by atoms with Crippen molar-refractivity contribution in [1.82, 2.24) is 9.55 Å². The van der Waals surface area contributed by atoms with E-state index in [9.17, 15) is 9.90 Å². The first-order valence-electron chi connectivity index (χ1n) is 5.72. The third-order valence-corrected chi connectivity index (χ3v) is 2.88. The summed E-state index contributed by atoms with van der Waals surface area (Å²) in [6.45, 7) is 5.72. The highest BCUT2D eigenvalue weighted by Crippen LogP contribution is 2.25. The van der Waals surface area contributed by atoms with Crippen LogP contribution in [0.1, 0.15) is 38.6 Å². The van der Waals surface area contributed by atoms with Crippen LogP contribution in [-0.4, -0.2) is 20.6 Å². The number of para-hydroxylation sites is 2. The Hall–Kier alpha value is -1.84. The van der Waals surface area contributed by atoms with Crippen LogP contribution in [0.3, 0.4) is 0 Å². The average molecular weight is 232 g/mol. The lowest BCUT2D eigenvalue weighted by Crippen LogP contribution is -2.18. The number of aromatic nitrogens is 2. The van der Waals surface area contributed by atoms with Crippen molar-refractivity contribution in [3.63, 3.8) is 0 Å². The van der Waals surface area contributed by atoms with Crippen LogP contribution in [-0.2, 0) is 4.79 Å². The molecule has 0 aliphatic heterocycles. The number of benzene rings is 1. The van der Waals surface area contributed by atoms with Gasteiger partial charge in [0.05, 0.1) is 11.0 Å². The molecule has 0 unspecified atom stereocenters. The molecule has 0 amide bonds. The van der Waals surface area contributed by atoms with E-state index in [1.165, 1.54) is 0 Å². The first-order chi connectivity index (χ1) is 8.02. The predicted octanol–water partition coefficient (Wildman–Crippen LogP) is 2.81. The van der Waals surface area contributed by atoms with Gasteiger partial charge >= 0.3 is 5.97 Å². The molecule has 0 fully saturated rings. The van der Waals surface area contributed by atoms with Crippen molar-refractivity contribution >= 4 is 17.0 Å². The van der Waals surface area contributed by atoms with Gasteiger partial charge in [-0.1, -0.05) is 26.0 Å². The SMILES string of the molecule is CC(C)c1nc2ccccc2n1[C@@H](C)C(=O)O. The zero-order valence-electron chi connectivity index (χ0n) is 10.2. The Balaban J connectivity index is 2.72. The molecule has 0 aliphatic rings. The van der Waals surface area contributed by atoms with E-state index in [-0.39, 0.29) is 5.92 Å². The van der Waals surface area contributed by atoms with Crippen LogP contribution in [0.5, 0.6) is 0 Å². The number of aliphatic carboxylic acids is 1. The second-order valence-corrected chi connectivity index (χ2v) is 4.50. The van der Waals surface area contributed by atoms with Crippen molar-refractivity contribution in [3.8, 4) is 0 Å². The van der Waals surface area contributed by atoms with E-state index < -0.39 is 12.0 Å². The van der Waals surface area contributed by atoms with Gasteiger partial charge in [0.2, 0.25) is 0 Å². The second-order valence-electron chi connectivity index (χ2n) is 4.50. The lowest BCUT2D eigenvalue weighted by molar-refractivity contribution is -0.140. The van der Waals surface area contributed by atoms with Gasteiger partial charge in [-0.15, -0.1) is 0 Å². The third kappa shape index (κ3) is 1.90. The van der Waals surface area contributed by atoms with Crippen LogP contribution in [0.15, 0.2) is 24.3 Å². The molecule has 0 aliphatic carbocycles. The standard InChI is InChI=1S/C13H16N2O2/c1-8(2)12-14-10-6-4-5-7-11(10)15(12)9(3)13(16)17/h4-9H,1-3H3,(H,16,17)/t9-/m0/s1. The molecule has 2 aromatic rings. The zero-order valence-corrected chi connectivity index (χ0v) is 10.2. The van der Waals surface area contributed by atoms with Gasteiger partial charge in [-0.05, 0) is 19.1 Å². The smallest absolute Gasteiger partial charge is 0.326 e. The van der Waals surface area contributed by atoms with Crippen LogP contribution in [0.2, 0.25) is 0 Å². The molecule has 0 saturated heterocycles. The highest BCUT2D eigenvalue weighted by atomic mass is 16.4. The summed E-state index contributed by atoms with van der Waals surface area (Å²) in [5.41, 5.74) is 1.73. The monoisotopic (exact) mass is 232 g/mol. The number of hydrogen-bond acceptors (Lipinski definition) is 2. The van der Waals surface area contributed by atoms with E-state index in [0.717, 1.165) is 16.9 Å². The van der Waals surface area contributed by atoms with Crippen molar-refractivity contribution in [3.05, 3.63) is 30.1 Å². The summed E-state index contributed by atoms with van der Waals surface area (Å²) in [6, 6.07) is 7.04. The van der Waals surface area contributed by atoms with Crippen LogP contribution in [0.25, 0.3) is 11.0 Å². The van der Waals surface area contributed by atoms with E-state index in [4.69, 9.17) is 0 Å². The van der Waals surface area contributed by atoms with E-state index in [0.29, 0.717) is 0 Å². The van der Waals surface area contributed by atoms with Gasteiger partial charge in [-0.25, -0.2) is 9.78 Å². The summed E-state index contributed by atoms with van der Waals surface area (Å²) in [7, 11) is 0. The van der Waals surface area contributed by atoms with Gasteiger partial charge in [0, 0.05) is 5.92 Å². The summed E-state index contributed by atoms with van der Waals surface area (Å²) in [6.07, 6.45) is 0. The van der Waals surface area contributed by atoms with E-state index in [1.807, 2.05) is 42.7 Å². The van der Waals surface area contributed by atoms with Gasteiger partial charge in [0.15, 0.2) is 0 Å². The van der Waals surface area contributed by atoms with E-state index in [2.05, 4.69) is 4.98 Å². The van der Waals surface area contributed by atoms with Crippen LogP contribution < -0.4 is 0 Å². The molecule has 17 heavy (non-hydrogen) atoms. The number of carboxylic acids is 1. The zero-order chi connectivity index (χ0) is 12.6. The Morgan fingerprint density at radius 1 is 1.29 bits per heavy atom. The summed E-state index contributed by atoms with van der Waals surface area (Å²) in [5, 5.41) is 9.17. The minimum absolute atomic E-state index is 0.198. The van der Waals surface area contributed by atoms with Gasteiger partial charge in [0.1, 0.15) is 11.9 Å². The molecule has 0 bridgehead atoms. The molecule has 0 radical (unpaired) electrons. The van der Waals surface area contributed by atoms with Crippen LogP contribution in [0, 0.1) is 0 Å². The largest absolute Gasteiger partial charge is 0.480 e. The molecule has 4 heteroatoms. The number of nitrogens with zero attached hydrogens (tertiary/aromatic N) is 2. The van der Waals surface area contributed by atoms with E-state index >= 15 is 0 Å². The number of fused-ring (bicyclic) bond motifs is 1. The number of carboxylic acid groups (broad SMARTS) is 1. The lowest BCUT2D eigenvalue weighted by Gasteiger charge is -2.15. The number of carbonyl (C=O) groups is 1. The summed E-state index contributed by atoms with van der Waals surface area (Å²) in [5.74, 6) is 0.181. The maximum Gasteiger partial charge on any atom is 0.326 e. The molecule has 1 aromatic carbocycles. The van der Waals surface area contributed by atoms with E-state index in [1.54, 1.807) is 6.92 Å². The van der Waals surface area contributed by atoms with Gasteiger partial charge in [-0.3, -0.25) is 0 Å². The topological polar surface area (TPSA) is 55.1 Å². The van der Waals surface area contributed by atoms with Crippen LogP contribution >= 0.6 is 0 Å². The Morgan fingerprint density at radius 2 is 1.94 bits per heavy atom. The number of rotatable bonds is 3. The maximum atomic E-state index is 11.2. The molecule has 1 atom stereocenters. The fourth-order valence-corrected chi connectivity index (χ4v) is 1.99. The fourth-order valence-electron chi connectivity index (χ4n) is 1.99. The fraction of sp³-hybridized carbons (Fsp3) is 0.385. The molecule has 1 heterocycles. The van der Waals surface area contributed by atoms with Crippen molar-refractivity contribution in [2.24, 2.45) is 0 Å². The van der Waals surface area contributed by atoms with Gasteiger partial charge in [-0.2, -0.15) is 0 Å². The third-order valence-electron chi connectivity index (χ3n) is 2.88. The Labute approximate surface area is 99.9 Å². The summed E-state index contributed by atoms with van der Waals surface area (Å²) >= 11 is 0. The molecule has 2 rings (SSSR count). The average Bonchev–Trinajstić information content (AvgIpc) is 2.67. The maximum absolute atomic E-state index is 11.2. The molecule has 1 N–H and O–H groups in total. The Bertz CT molecular complexity index is 558. The van der Waals surface area contributed by atoms with Crippen molar-refractivity contribution in [2.75, 3.05) is 0 Å². The number of imidazole rings is 1. The van der Waals surface area contributed by atoms with Crippen molar-refractivity contribution < 1.29 is 9.90 Å². The predicted molar refractivity (Wildman–Crippen MR) is 66.2 cm³/mol. The minimum Gasteiger partial charge on any atom is -0.480 e. The Morgan fingerprint density at radius 3 is 2.53 bits per heavy atom. The summed E-state index contributed by atoms with van der Waals surface area (Å²) in [4.78, 5) is 15.7. The normalized spacial score (nSPS) is 13.2. The first kappa shape index (κ1) is 11.6.